The Hall–Kier alpha value is -1.99. The van der Waals surface area contributed by atoms with Crippen LogP contribution in [-0.2, 0) is 4.74 Å². The van der Waals surface area contributed by atoms with E-state index in [1.165, 1.54) is 6.07 Å². The van der Waals surface area contributed by atoms with Gasteiger partial charge >= 0.3 is 0 Å². The molecule has 1 unspecified atom stereocenters. The Bertz CT molecular complexity index is 601. The first-order valence-electron chi connectivity index (χ1n) is 8.09. The molecular weight excluding hydrogens is 313 g/mol. The van der Waals surface area contributed by atoms with Crippen LogP contribution in [0.15, 0.2) is 18.2 Å². The number of nitrogens with zero attached hydrogens (tertiary/aromatic N) is 1. The van der Waals surface area contributed by atoms with E-state index in [2.05, 4.69) is 24.1 Å². The van der Waals surface area contributed by atoms with E-state index in [0.29, 0.717) is 25.7 Å². The summed E-state index contributed by atoms with van der Waals surface area (Å²) in [7, 11) is 0. The van der Waals surface area contributed by atoms with Crippen molar-refractivity contribution in [1.29, 1.82) is 0 Å². The van der Waals surface area contributed by atoms with Crippen molar-refractivity contribution in [2.45, 2.75) is 19.9 Å². The third-order valence-electron chi connectivity index (χ3n) is 4.20. The van der Waals surface area contributed by atoms with Crippen molar-refractivity contribution in [3.63, 3.8) is 0 Å². The fourth-order valence-corrected chi connectivity index (χ4v) is 2.86. The minimum atomic E-state index is -0.767. The van der Waals surface area contributed by atoms with Gasteiger partial charge in [-0.25, -0.2) is 4.39 Å². The topological polar surface area (TPSA) is 84.7 Å². The first-order valence-corrected chi connectivity index (χ1v) is 8.09. The molecule has 1 saturated heterocycles. The van der Waals surface area contributed by atoms with Gasteiger partial charge in [-0.3, -0.25) is 14.5 Å². The van der Waals surface area contributed by atoms with Crippen LogP contribution in [0.5, 0.6) is 0 Å². The Morgan fingerprint density at radius 2 is 1.88 bits per heavy atom. The molecule has 0 spiro atoms. The Morgan fingerprint density at radius 1 is 1.25 bits per heavy atom. The van der Waals surface area contributed by atoms with Crippen LogP contribution >= 0.6 is 0 Å². The molecule has 1 atom stereocenters. The second-order valence-electron chi connectivity index (χ2n) is 6.26. The number of nitrogens with one attached hydrogen (secondary N) is 1. The van der Waals surface area contributed by atoms with Gasteiger partial charge in [0.2, 0.25) is 5.91 Å². The number of rotatable bonds is 6. The molecule has 1 heterocycles. The first-order chi connectivity index (χ1) is 11.4. The van der Waals surface area contributed by atoms with E-state index >= 15 is 0 Å². The van der Waals surface area contributed by atoms with Crippen LogP contribution in [0.2, 0.25) is 0 Å². The van der Waals surface area contributed by atoms with E-state index < -0.39 is 17.6 Å². The van der Waals surface area contributed by atoms with Crippen LogP contribution in [0.3, 0.4) is 0 Å². The maximum absolute atomic E-state index is 13.6. The molecular formula is C17H24FN3O3. The minimum absolute atomic E-state index is 0.0197. The van der Waals surface area contributed by atoms with Crippen LogP contribution in [0.25, 0.3) is 0 Å². The number of ether oxygens (including phenoxy) is 1. The number of morpholine rings is 1. The molecule has 0 bridgehead atoms. The van der Waals surface area contributed by atoms with E-state index in [0.717, 1.165) is 25.2 Å². The molecule has 1 aliphatic heterocycles. The second-order valence-corrected chi connectivity index (χ2v) is 6.26. The van der Waals surface area contributed by atoms with Gasteiger partial charge in [-0.15, -0.1) is 0 Å². The molecule has 0 saturated carbocycles. The fourth-order valence-electron chi connectivity index (χ4n) is 2.86. The molecule has 6 nitrogen and oxygen atoms in total. The van der Waals surface area contributed by atoms with Crippen molar-refractivity contribution >= 4 is 11.8 Å². The predicted molar refractivity (Wildman–Crippen MR) is 88.3 cm³/mol. The van der Waals surface area contributed by atoms with Gasteiger partial charge in [0.05, 0.1) is 13.2 Å². The number of primary amides is 1. The average molecular weight is 337 g/mol. The molecule has 1 aromatic carbocycles. The van der Waals surface area contributed by atoms with Crippen molar-refractivity contribution < 1.29 is 18.7 Å². The molecule has 1 aromatic rings. The van der Waals surface area contributed by atoms with Gasteiger partial charge in [-0.2, -0.15) is 0 Å². The summed E-state index contributed by atoms with van der Waals surface area (Å²) >= 11 is 0. The predicted octanol–water partition coefficient (Wildman–Crippen LogP) is 1.01. The summed E-state index contributed by atoms with van der Waals surface area (Å²) in [5.41, 5.74) is 5.23. The van der Waals surface area contributed by atoms with Crippen LogP contribution < -0.4 is 11.1 Å². The van der Waals surface area contributed by atoms with Crippen molar-refractivity contribution in [3.8, 4) is 0 Å². The van der Waals surface area contributed by atoms with Crippen molar-refractivity contribution in [3.05, 3.63) is 35.1 Å². The smallest absolute Gasteiger partial charge is 0.251 e. The summed E-state index contributed by atoms with van der Waals surface area (Å²) in [4.78, 5) is 25.8. The molecule has 0 aromatic heterocycles. The monoisotopic (exact) mass is 337 g/mol. The average Bonchev–Trinajstić information content (AvgIpc) is 2.55. The Labute approximate surface area is 141 Å². The Kier molecular flexibility index (Phi) is 6.28. The highest BCUT2D eigenvalue weighted by molar-refractivity contribution is 5.99. The first kappa shape index (κ1) is 18.4. The summed E-state index contributed by atoms with van der Waals surface area (Å²) < 4.78 is 18.9. The van der Waals surface area contributed by atoms with Gasteiger partial charge in [-0.05, 0) is 24.1 Å². The van der Waals surface area contributed by atoms with Gasteiger partial charge in [0.25, 0.3) is 5.91 Å². The highest BCUT2D eigenvalue weighted by Crippen LogP contribution is 2.13. The molecule has 1 fully saturated rings. The number of halogens is 1. The lowest BCUT2D eigenvalue weighted by Crippen LogP contribution is -2.51. The molecule has 7 heteroatoms. The summed E-state index contributed by atoms with van der Waals surface area (Å²) in [6, 6.07) is 3.59. The van der Waals surface area contributed by atoms with Crippen LogP contribution in [0, 0.1) is 11.7 Å². The fraction of sp³-hybridized carbons (Fsp3) is 0.529. The van der Waals surface area contributed by atoms with E-state index in [9.17, 15) is 14.0 Å². The summed E-state index contributed by atoms with van der Waals surface area (Å²) in [5, 5.41) is 2.83. The molecule has 2 amide bonds. The van der Waals surface area contributed by atoms with Gasteiger partial charge in [0.1, 0.15) is 5.82 Å². The number of hydrogen-bond donors (Lipinski definition) is 2. The largest absolute Gasteiger partial charge is 0.379 e. The van der Waals surface area contributed by atoms with E-state index in [1.54, 1.807) is 0 Å². The molecule has 2 rings (SSSR count). The Morgan fingerprint density at radius 3 is 2.46 bits per heavy atom. The van der Waals surface area contributed by atoms with Gasteiger partial charge in [-0.1, -0.05) is 13.8 Å². The van der Waals surface area contributed by atoms with Gasteiger partial charge in [0, 0.05) is 36.8 Å². The van der Waals surface area contributed by atoms with Gasteiger partial charge < -0.3 is 15.8 Å². The number of carbonyl (C=O) groups excluding carboxylic acids is 2. The van der Waals surface area contributed by atoms with Crippen molar-refractivity contribution in [1.82, 2.24) is 10.2 Å². The molecule has 0 radical (unpaired) electrons. The van der Waals surface area contributed by atoms with Crippen molar-refractivity contribution in [2.75, 3.05) is 32.8 Å². The summed E-state index contributed by atoms with van der Waals surface area (Å²) in [6.45, 7) is 7.65. The number of hydrogen-bond acceptors (Lipinski definition) is 4. The normalized spacial score (nSPS) is 16.8. The molecule has 1 aliphatic rings. The summed E-state index contributed by atoms with van der Waals surface area (Å²) in [5.74, 6) is -1.50. The number of carbonyl (C=O) groups is 2. The third kappa shape index (κ3) is 4.75. The van der Waals surface area contributed by atoms with Crippen LogP contribution in [0.4, 0.5) is 4.39 Å². The number of benzene rings is 1. The third-order valence-corrected chi connectivity index (χ3v) is 4.20. The van der Waals surface area contributed by atoms with Crippen LogP contribution in [-0.4, -0.2) is 55.6 Å². The lowest BCUT2D eigenvalue weighted by Gasteiger charge is -2.36. The number of amides is 2. The molecule has 0 aliphatic carbocycles. The quantitative estimate of drug-likeness (QED) is 0.811. The maximum atomic E-state index is 13.6. The zero-order chi connectivity index (χ0) is 17.7. The molecule has 132 valence electrons. The van der Waals surface area contributed by atoms with Crippen LogP contribution in [0.1, 0.15) is 34.6 Å². The number of nitrogens with two attached hydrogens (primary N) is 1. The standard InChI is InChI=1S/C17H24FN3O3/c1-11(2)15(21-3-5-24-6-4-21)10-20-17(23)13-7-12(16(19)22)8-14(18)9-13/h7-9,11,15H,3-6,10H2,1-2H3,(H2,19,22)(H,20,23). The maximum Gasteiger partial charge on any atom is 0.251 e. The molecule has 3 N–H and O–H groups in total. The van der Waals surface area contributed by atoms with Crippen molar-refractivity contribution in [2.24, 2.45) is 11.7 Å². The highest BCUT2D eigenvalue weighted by atomic mass is 19.1. The SMILES string of the molecule is CC(C)C(CNC(=O)c1cc(F)cc(C(N)=O)c1)N1CCOCC1. The van der Waals surface area contributed by atoms with E-state index in [-0.39, 0.29) is 17.2 Å². The minimum Gasteiger partial charge on any atom is -0.379 e. The zero-order valence-corrected chi connectivity index (χ0v) is 14.0. The van der Waals surface area contributed by atoms with E-state index in [1.807, 2.05) is 0 Å². The lowest BCUT2D eigenvalue weighted by molar-refractivity contribution is 0.00672. The summed E-state index contributed by atoms with van der Waals surface area (Å²) in [6.07, 6.45) is 0. The zero-order valence-electron chi connectivity index (χ0n) is 14.0. The lowest BCUT2D eigenvalue weighted by atomic mass is 10.0. The Balaban J connectivity index is 2.04. The van der Waals surface area contributed by atoms with E-state index in [4.69, 9.17) is 10.5 Å². The second kappa shape index (κ2) is 8.21. The molecule has 24 heavy (non-hydrogen) atoms. The highest BCUT2D eigenvalue weighted by Gasteiger charge is 2.24. The van der Waals surface area contributed by atoms with Gasteiger partial charge in [0.15, 0.2) is 0 Å².